The minimum absolute atomic E-state index is 0.0224. The Morgan fingerprint density at radius 1 is 1.38 bits per heavy atom. The molecule has 2 rings (SSSR count). The molecule has 1 unspecified atom stereocenters. The predicted molar refractivity (Wildman–Crippen MR) is 84.1 cm³/mol. The highest BCUT2D eigenvalue weighted by Crippen LogP contribution is 2.29. The minimum atomic E-state index is -2.92. The molecule has 0 radical (unpaired) electrons. The molecule has 8 heteroatoms. The normalized spacial score (nSPS) is 13.8. The second-order valence-electron chi connectivity index (χ2n) is 5.64. The van der Waals surface area contributed by atoms with Crippen LogP contribution in [0.5, 0.6) is 11.5 Å². The summed E-state index contributed by atoms with van der Waals surface area (Å²) in [6.45, 7) is -0.597. The van der Waals surface area contributed by atoms with Crippen LogP contribution >= 0.6 is 0 Å². The number of aliphatic hydroxyl groups is 1. The van der Waals surface area contributed by atoms with Gasteiger partial charge < -0.3 is 19.9 Å². The smallest absolute Gasteiger partial charge is 0.387 e. The molecule has 6 nitrogen and oxygen atoms in total. The zero-order chi connectivity index (χ0) is 17.7. The molecule has 1 aromatic carbocycles. The van der Waals surface area contributed by atoms with Gasteiger partial charge in [-0.2, -0.15) is 13.9 Å². The van der Waals surface area contributed by atoms with Gasteiger partial charge >= 0.3 is 6.61 Å². The number of ether oxygens (including phenoxy) is 2. The van der Waals surface area contributed by atoms with Crippen molar-refractivity contribution in [2.45, 2.75) is 25.7 Å². The summed E-state index contributed by atoms with van der Waals surface area (Å²) in [5, 5.41) is 17.6. The number of hydrogen-bond donors (Lipinski definition) is 2. The van der Waals surface area contributed by atoms with E-state index in [2.05, 4.69) is 15.2 Å². The summed E-state index contributed by atoms with van der Waals surface area (Å²) in [5.41, 5.74) is 0.325. The molecule has 0 spiro atoms. The van der Waals surface area contributed by atoms with Crippen molar-refractivity contribution in [3.63, 3.8) is 0 Å². The van der Waals surface area contributed by atoms with Crippen molar-refractivity contribution in [2.24, 2.45) is 7.05 Å². The molecule has 0 saturated heterocycles. The van der Waals surface area contributed by atoms with Crippen molar-refractivity contribution in [1.29, 1.82) is 0 Å². The van der Waals surface area contributed by atoms with Crippen LogP contribution in [-0.4, -0.2) is 35.2 Å². The van der Waals surface area contributed by atoms with Gasteiger partial charge in [0, 0.05) is 31.9 Å². The first kappa shape index (κ1) is 18.2. The van der Waals surface area contributed by atoms with Gasteiger partial charge in [-0.3, -0.25) is 4.68 Å². The number of alkyl halides is 2. The van der Waals surface area contributed by atoms with Crippen molar-refractivity contribution in [1.82, 2.24) is 15.1 Å². The topological polar surface area (TPSA) is 68.5 Å². The molecule has 0 amide bonds. The standard InChI is InChI=1S/C16H21F2N3O3/c1-16(22,12-8-20-21(2)9-12)10-19-7-11-4-5-13(23-3)14(6-11)24-15(17)18/h4-6,8-9,15,19,22H,7,10H2,1-3H3. The van der Waals surface area contributed by atoms with Crippen LogP contribution in [0.4, 0.5) is 8.78 Å². The lowest BCUT2D eigenvalue weighted by Gasteiger charge is -2.22. The average molecular weight is 341 g/mol. The van der Waals surface area contributed by atoms with Gasteiger partial charge in [-0.25, -0.2) is 0 Å². The Morgan fingerprint density at radius 2 is 2.12 bits per heavy atom. The van der Waals surface area contributed by atoms with E-state index in [1.807, 2.05) is 0 Å². The lowest BCUT2D eigenvalue weighted by atomic mass is 9.99. The molecule has 0 bridgehead atoms. The van der Waals surface area contributed by atoms with Gasteiger partial charge in [-0.15, -0.1) is 0 Å². The third-order valence-corrected chi connectivity index (χ3v) is 3.57. The van der Waals surface area contributed by atoms with E-state index in [1.54, 1.807) is 43.2 Å². The average Bonchev–Trinajstić information content (AvgIpc) is 2.94. The van der Waals surface area contributed by atoms with E-state index in [4.69, 9.17) is 4.74 Å². The SMILES string of the molecule is COc1ccc(CNCC(C)(O)c2cnn(C)c2)cc1OC(F)F. The first-order valence-corrected chi connectivity index (χ1v) is 7.36. The number of aromatic nitrogens is 2. The van der Waals surface area contributed by atoms with Crippen LogP contribution < -0.4 is 14.8 Å². The summed E-state index contributed by atoms with van der Waals surface area (Å²) in [6, 6.07) is 4.79. The maximum Gasteiger partial charge on any atom is 0.387 e. The number of aryl methyl sites for hydroxylation is 1. The third-order valence-electron chi connectivity index (χ3n) is 3.57. The van der Waals surface area contributed by atoms with Gasteiger partial charge in [0.2, 0.25) is 0 Å². The summed E-state index contributed by atoms with van der Waals surface area (Å²) in [4.78, 5) is 0. The Bertz CT molecular complexity index is 674. The molecule has 2 aromatic rings. The fourth-order valence-corrected chi connectivity index (χ4v) is 2.27. The second-order valence-corrected chi connectivity index (χ2v) is 5.64. The Kier molecular flexibility index (Phi) is 5.74. The fourth-order valence-electron chi connectivity index (χ4n) is 2.27. The van der Waals surface area contributed by atoms with E-state index in [-0.39, 0.29) is 18.0 Å². The number of hydrogen-bond acceptors (Lipinski definition) is 5. The Hall–Kier alpha value is -2.19. The maximum absolute atomic E-state index is 12.4. The Labute approximate surface area is 139 Å². The molecule has 0 aliphatic heterocycles. The highest BCUT2D eigenvalue weighted by atomic mass is 19.3. The maximum atomic E-state index is 12.4. The van der Waals surface area contributed by atoms with E-state index in [9.17, 15) is 13.9 Å². The Balaban J connectivity index is 1.99. The van der Waals surface area contributed by atoms with Crippen LogP contribution in [0.2, 0.25) is 0 Å². The van der Waals surface area contributed by atoms with E-state index >= 15 is 0 Å². The molecule has 24 heavy (non-hydrogen) atoms. The van der Waals surface area contributed by atoms with E-state index in [0.717, 1.165) is 5.56 Å². The number of benzene rings is 1. The molecule has 2 N–H and O–H groups in total. The van der Waals surface area contributed by atoms with Gasteiger partial charge in [0.1, 0.15) is 5.60 Å². The largest absolute Gasteiger partial charge is 0.493 e. The number of methoxy groups -OCH3 is 1. The highest BCUT2D eigenvalue weighted by molar-refractivity contribution is 5.43. The molecule has 132 valence electrons. The van der Waals surface area contributed by atoms with Gasteiger partial charge in [-0.1, -0.05) is 6.07 Å². The van der Waals surface area contributed by atoms with Gasteiger partial charge in [0.25, 0.3) is 0 Å². The van der Waals surface area contributed by atoms with Crippen LogP contribution in [0, 0.1) is 0 Å². The van der Waals surface area contributed by atoms with Gasteiger partial charge in [0.15, 0.2) is 11.5 Å². The van der Waals surface area contributed by atoms with E-state index in [0.29, 0.717) is 12.1 Å². The number of nitrogens with one attached hydrogen (secondary N) is 1. The predicted octanol–water partition coefficient (Wildman–Crippen LogP) is 2.03. The lowest BCUT2D eigenvalue weighted by Crippen LogP contribution is -2.34. The molecular weight excluding hydrogens is 320 g/mol. The number of nitrogens with zero attached hydrogens (tertiary/aromatic N) is 2. The van der Waals surface area contributed by atoms with Gasteiger partial charge in [-0.05, 0) is 24.6 Å². The first-order valence-electron chi connectivity index (χ1n) is 7.36. The van der Waals surface area contributed by atoms with Gasteiger partial charge in [0.05, 0.1) is 13.3 Å². The summed E-state index contributed by atoms with van der Waals surface area (Å²) >= 11 is 0. The molecule has 1 aromatic heterocycles. The number of halogens is 2. The van der Waals surface area contributed by atoms with Crippen molar-refractivity contribution < 1.29 is 23.4 Å². The summed E-state index contributed by atoms with van der Waals surface area (Å²) in [7, 11) is 3.16. The van der Waals surface area contributed by atoms with Crippen molar-refractivity contribution in [3.8, 4) is 11.5 Å². The van der Waals surface area contributed by atoms with Crippen molar-refractivity contribution in [2.75, 3.05) is 13.7 Å². The molecule has 0 aliphatic carbocycles. The van der Waals surface area contributed by atoms with Crippen LogP contribution in [-0.2, 0) is 19.2 Å². The molecule has 0 saturated carbocycles. The second kappa shape index (κ2) is 7.59. The minimum Gasteiger partial charge on any atom is -0.493 e. The zero-order valence-electron chi connectivity index (χ0n) is 13.8. The van der Waals surface area contributed by atoms with Crippen LogP contribution in [0.15, 0.2) is 30.6 Å². The highest BCUT2D eigenvalue weighted by Gasteiger charge is 2.24. The van der Waals surface area contributed by atoms with Crippen LogP contribution in [0.3, 0.4) is 0 Å². The van der Waals surface area contributed by atoms with Crippen LogP contribution in [0.25, 0.3) is 0 Å². The summed E-state index contributed by atoms with van der Waals surface area (Å²) < 4.78 is 35.9. The molecule has 0 aliphatic rings. The summed E-state index contributed by atoms with van der Waals surface area (Å²) in [5.74, 6) is 0.215. The quantitative estimate of drug-likeness (QED) is 0.769. The molecule has 1 atom stereocenters. The van der Waals surface area contributed by atoms with E-state index in [1.165, 1.54) is 13.2 Å². The lowest BCUT2D eigenvalue weighted by molar-refractivity contribution is -0.0512. The third kappa shape index (κ3) is 4.65. The van der Waals surface area contributed by atoms with Crippen molar-refractivity contribution >= 4 is 0 Å². The van der Waals surface area contributed by atoms with E-state index < -0.39 is 12.2 Å². The fraction of sp³-hybridized carbons (Fsp3) is 0.438. The van der Waals surface area contributed by atoms with Crippen LogP contribution in [0.1, 0.15) is 18.1 Å². The molecule has 0 fully saturated rings. The first-order chi connectivity index (χ1) is 11.3. The monoisotopic (exact) mass is 341 g/mol. The Morgan fingerprint density at radius 3 is 2.71 bits per heavy atom. The number of rotatable bonds is 8. The summed E-state index contributed by atoms with van der Waals surface area (Å²) in [6.07, 6.45) is 3.34. The molecule has 1 heterocycles. The van der Waals surface area contributed by atoms with Crippen molar-refractivity contribution in [3.05, 3.63) is 41.7 Å². The molecular formula is C16H21F2N3O3. The zero-order valence-corrected chi connectivity index (χ0v) is 13.8.